The van der Waals surface area contributed by atoms with Crippen molar-refractivity contribution in [3.63, 3.8) is 0 Å². The van der Waals surface area contributed by atoms with Crippen molar-refractivity contribution >= 4 is 17.6 Å². The van der Waals surface area contributed by atoms with Crippen LogP contribution in [0, 0.1) is 5.82 Å². The quantitative estimate of drug-likeness (QED) is 0.744. The molecule has 0 aliphatic carbocycles. The van der Waals surface area contributed by atoms with E-state index in [9.17, 15) is 9.18 Å². The van der Waals surface area contributed by atoms with E-state index in [1.54, 1.807) is 6.92 Å². The Morgan fingerprint density at radius 3 is 2.93 bits per heavy atom. The third-order valence-corrected chi connectivity index (χ3v) is 2.28. The normalized spacial score (nSPS) is 10.1. The molecule has 0 radical (unpaired) electrons. The van der Waals surface area contributed by atoms with Gasteiger partial charge in [0.25, 0.3) is 0 Å². The van der Waals surface area contributed by atoms with Gasteiger partial charge >= 0.3 is 5.97 Å². The zero-order chi connectivity index (χ0) is 11.3. The highest BCUT2D eigenvalue weighted by Gasteiger charge is 2.06. The second-order valence-corrected chi connectivity index (χ2v) is 3.45. The summed E-state index contributed by atoms with van der Waals surface area (Å²) in [5.74, 6) is -0.643. The van der Waals surface area contributed by atoms with Crippen molar-refractivity contribution in [3.05, 3.63) is 34.6 Å². The van der Waals surface area contributed by atoms with E-state index >= 15 is 0 Å². The molecule has 4 heteroatoms. The van der Waals surface area contributed by atoms with Crippen molar-refractivity contribution in [1.82, 2.24) is 0 Å². The average Bonchev–Trinajstić information content (AvgIpc) is 2.20. The number of rotatable bonds is 4. The predicted octanol–water partition coefficient (Wildman–Crippen LogP) is 2.97. The first-order valence-electron chi connectivity index (χ1n) is 4.73. The molecule has 0 bridgehead atoms. The molecule has 0 fully saturated rings. The molecule has 1 rings (SSSR count). The van der Waals surface area contributed by atoms with Crippen LogP contribution in [0.2, 0.25) is 5.02 Å². The Morgan fingerprint density at radius 1 is 1.53 bits per heavy atom. The summed E-state index contributed by atoms with van der Waals surface area (Å²) < 4.78 is 17.6. The maximum absolute atomic E-state index is 12.8. The van der Waals surface area contributed by atoms with E-state index in [0.29, 0.717) is 23.6 Å². The molecule has 2 nitrogen and oxygen atoms in total. The first-order valence-corrected chi connectivity index (χ1v) is 5.11. The van der Waals surface area contributed by atoms with Gasteiger partial charge in [-0.3, -0.25) is 4.79 Å². The predicted molar refractivity (Wildman–Crippen MR) is 56.4 cm³/mol. The number of hydrogen-bond donors (Lipinski definition) is 0. The fraction of sp³-hybridized carbons (Fsp3) is 0.364. The van der Waals surface area contributed by atoms with Gasteiger partial charge in [-0.05, 0) is 37.1 Å². The number of carbonyl (C=O) groups excluding carboxylic acids is 1. The molecule has 0 saturated carbocycles. The number of esters is 1. The molecular formula is C11H12ClFO2. The van der Waals surface area contributed by atoms with Crippen LogP contribution in [0.1, 0.15) is 18.9 Å². The SMILES string of the molecule is CCOC(=O)CCc1cc(F)ccc1Cl. The van der Waals surface area contributed by atoms with E-state index in [1.165, 1.54) is 18.2 Å². The van der Waals surface area contributed by atoms with Gasteiger partial charge in [0, 0.05) is 11.4 Å². The van der Waals surface area contributed by atoms with E-state index in [4.69, 9.17) is 16.3 Å². The Labute approximate surface area is 93.0 Å². The lowest BCUT2D eigenvalue weighted by atomic mass is 10.1. The molecule has 1 aromatic carbocycles. The second kappa shape index (κ2) is 5.71. The highest BCUT2D eigenvalue weighted by Crippen LogP contribution is 2.18. The fourth-order valence-corrected chi connectivity index (χ4v) is 1.42. The Balaban J connectivity index is 2.57. The zero-order valence-electron chi connectivity index (χ0n) is 8.43. The number of halogens is 2. The third kappa shape index (κ3) is 3.88. The van der Waals surface area contributed by atoms with Crippen LogP contribution in [0.5, 0.6) is 0 Å². The fourth-order valence-electron chi connectivity index (χ4n) is 1.20. The number of benzene rings is 1. The van der Waals surface area contributed by atoms with Crippen LogP contribution < -0.4 is 0 Å². The molecule has 0 amide bonds. The number of hydrogen-bond acceptors (Lipinski definition) is 2. The summed E-state index contributed by atoms with van der Waals surface area (Å²) in [6, 6.07) is 4.11. The monoisotopic (exact) mass is 230 g/mol. The molecule has 0 heterocycles. The van der Waals surface area contributed by atoms with Crippen LogP contribution in [0.3, 0.4) is 0 Å². The van der Waals surface area contributed by atoms with E-state index in [0.717, 1.165) is 0 Å². The lowest BCUT2D eigenvalue weighted by Crippen LogP contribution is -2.05. The minimum atomic E-state index is -0.349. The molecule has 0 unspecified atom stereocenters. The first-order chi connectivity index (χ1) is 7.13. The summed E-state index contributed by atoms with van der Waals surface area (Å²) in [4.78, 5) is 11.1. The molecule has 0 spiro atoms. The molecule has 82 valence electrons. The molecule has 0 aliphatic rings. The Morgan fingerprint density at radius 2 is 2.27 bits per heavy atom. The maximum Gasteiger partial charge on any atom is 0.306 e. The molecular weight excluding hydrogens is 219 g/mol. The van der Waals surface area contributed by atoms with Gasteiger partial charge < -0.3 is 4.74 Å². The van der Waals surface area contributed by atoms with Gasteiger partial charge in [-0.2, -0.15) is 0 Å². The van der Waals surface area contributed by atoms with E-state index in [2.05, 4.69) is 0 Å². The van der Waals surface area contributed by atoms with Crippen LogP contribution in [0.4, 0.5) is 4.39 Å². The van der Waals surface area contributed by atoms with Crippen LogP contribution in [-0.2, 0) is 16.0 Å². The first kappa shape index (κ1) is 12.0. The molecule has 15 heavy (non-hydrogen) atoms. The molecule has 0 N–H and O–H groups in total. The summed E-state index contributed by atoms with van der Waals surface area (Å²) in [6.45, 7) is 2.10. The lowest BCUT2D eigenvalue weighted by molar-refractivity contribution is -0.143. The largest absolute Gasteiger partial charge is 0.466 e. The smallest absolute Gasteiger partial charge is 0.306 e. The van der Waals surface area contributed by atoms with Crippen molar-refractivity contribution in [3.8, 4) is 0 Å². The minimum absolute atomic E-state index is 0.219. The van der Waals surface area contributed by atoms with Crippen LogP contribution in [0.25, 0.3) is 0 Å². The van der Waals surface area contributed by atoms with E-state index in [1.807, 2.05) is 0 Å². The second-order valence-electron chi connectivity index (χ2n) is 3.04. The van der Waals surface area contributed by atoms with Crippen LogP contribution >= 0.6 is 11.6 Å². The average molecular weight is 231 g/mol. The van der Waals surface area contributed by atoms with Gasteiger partial charge in [-0.15, -0.1) is 0 Å². The van der Waals surface area contributed by atoms with Gasteiger partial charge in [0.1, 0.15) is 5.82 Å². The molecule has 0 aliphatic heterocycles. The number of ether oxygens (including phenoxy) is 1. The van der Waals surface area contributed by atoms with Crippen molar-refractivity contribution in [1.29, 1.82) is 0 Å². The Bertz CT molecular complexity index is 352. The van der Waals surface area contributed by atoms with E-state index in [-0.39, 0.29) is 18.2 Å². The van der Waals surface area contributed by atoms with Crippen molar-refractivity contribution in [2.45, 2.75) is 19.8 Å². The summed E-state index contributed by atoms with van der Waals surface area (Å²) in [6.07, 6.45) is 0.617. The topological polar surface area (TPSA) is 26.3 Å². The lowest BCUT2D eigenvalue weighted by Gasteiger charge is -2.04. The van der Waals surface area contributed by atoms with Gasteiger partial charge in [-0.25, -0.2) is 4.39 Å². The van der Waals surface area contributed by atoms with Crippen molar-refractivity contribution in [2.75, 3.05) is 6.61 Å². The zero-order valence-corrected chi connectivity index (χ0v) is 9.18. The van der Waals surface area contributed by atoms with Crippen molar-refractivity contribution < 1.29 is 13.9 Å². The molecule has 0 saturated heterocycles. The third-order valence-electron chi connectivity index (χ3n) is 1.91. The molecule has 0 atom stereocenters. The molecule has 1 aromatic rings. The number of aryl methyl sites for hydroxylation is 1. The summed E-state index contributed by atoms with van der Waals surface area (Å²) in [7, 11) is 0. The summed E-state index contributed by atoms with van der Waals surface area (Å²) in [5, 5.41) is 0.473. The van der Waals surface area contributed by atoms with Gasteiger partial charge in [0.15, 0.2) is 0 Å². The highest BCUT2D eigenvalue weighted by atomic mass is 35.5. The van der Waals surface area contributed by atoms with Gasteiger partial charge in [0.05, 0.1) is 6.61 Å². The van der Waals surface area contributed by atoms with Gasteiger partial charge in [-0.1, -0.05) is 11.6 Å². The maximum atomic E-state index is 12.8. The van der Waals surface area contributed by atoms with E-state index < -0.39 is 0 Å². The summed E-state index contributed by atoms with van der Waals surface area (Å²) >= 11 is 5.84. The Kier molecular flexibility index (Phi) is 4.56. The standard InChI is InChI=1S/C11H12ClFO2/c1-2-15-11(14)6-3-8-7-9(13)4-5-10(8)12/h4-5,7H,2-3,6H2,1H3. The Hall–Kier alpha value is -1.09. The van der Waals surface area contributed by atoms with Crippen molar-refractivity contribution in [2.24, 2.45) is 0 Å². The van der Waals surface area contributed by atoms with Gasteiger partial charge in [0.2, 0.25) is 0 Å². The molecule has 0 aromatic heterocycles. The number of carbonyl (C=O) groups is 1. The van der Waals surface area contributed by atoms with Crippen LogP contribution in [0.15, 0.2) is 18.2 Å². The minimum Gasteiger partial charge on any atom is -0.466 e. The van der Waals surface area contributed by atoms with Crippen LogP contribution in [-0.4, -0.2) is 12.6 Å². The highest BCUT2D eigenvalue weighted by molar-refractivity contribution is 6.31. The summed E-state index contributed by atoms with van der Waals surface area (Å²) in [5.41, 5.74) is 0.629.